The Bertz CT molecular complexity index is 385. The van der Waals surface area contributed by atoms with E-state index in [9.17, 15) is 9.59 Å². The molecule has 0 bridgehead atoms. The van der Waals surface area contributed by atoms with Gasteiger partial charge in [-0.1, -0.05) is 11.6 Å². The number of halogens is 1. The number of aromatic carboxylic acids is 1. The third-order valence-electron chi connectivity index (χ3n) is 1.26. The van der Waals surface area contributed by atoms with Crippen LogP contribution in [0.3, 0.4) is 0 Å². The number of carbonyl (C=O) groups is 1. The van der Waals surface area contributed by atoms with Gasteiger partial charge in [0.2, 0.25) is 0 Å². The summed E-state index contributed by atoms with van der Waals surface area (Å²) in [5.41, 5.74) is -1.05. The van der Waals surface area contributed by atoms with Crippen LogP contribution in [0.1, 0.15) is 10.4 Å². The van der Waals surface area contributed by atoms with Gasteiger partial charge in [-0.2, -0.15) is 5.10 Å². The van der Waals surface area contributed by atoms with Gasteiger partial charge >= 0.3 is 5.97 Å². The zero-order valence-electron chi connectivity index (χ0n) is 6.11. The summed E-state index contributed by atoms with van der Waals surface area (Å²) in [6.07, 6.45) is 0. The monoisotopic (exact) mass is 188 g/mol. The SMILES string of the molecule is Cn1nc(Cl)cc(C(=O)O)c1=O. The van der Waals surface area contributed by atoms with Crippen molar-refractivity contribution in [2.45, 2.75) is 0 Å². The number of rotatable bonds is 1. The molecule has 5 nitrogen and oxygen atoms in total. The highest BCUT2D eigenvalue weighted by molar-refractivity contribution is 6.29. The van der Waals surface area contributed by atoms with Crippen molar-refractivity contribution in [3.63, 3.8) is 0 Å². The standard InChI is InChI=1S/C6H5ClN2O3/c1-9-5(10)3(6(11)12)2-4(7)8-9/h2H,1H3,(H,11,12). The van der Waals surface area contributed by atoms with Gasteiger partial charge in [-0.05, 0) is 6.07 Å². The molecule has 0 unspecified atom stereocenters. The van der Waals surface area contributed by atoms with Crippen molar-refractivity contribution in [2.24, 2.45) is 7.05 Å². The van der Waals surface area contributed by atoms with Gasteiger partial charge in [-0.25, -0.2) is 9.48 Å². The van der Waals surface area contributed by atoms with Crippen LogP contribution in [-0.2, 0) is 7.05 Å². The Labute approximate surface area is 72.2 Å². The average Bonchev–Trinajstić information content (AvgIpc) is 1.96. The Balaban J connectivity index is 3.49. The van der Waals surface area contributed by atoms with Crippen molar-refractivity contribution in [3.8, 4) is 0 Å². The fourth-order valence-corrected chi connectivity index (χ4v) is 0.948. The lowest BCUT2D eigenvalue weighted by atomic mass is 10.3. The van der Waals surface area contributed by atoms with Crippen molar-refractivity contribution in [1.29, 1.82) is 0 Å². The van der Waals surface area contributed by atoms with E-state index in [0.29, 0.717) is 0 Å². The van der Waals surface area contributed by atoms with Crippen molar-refractivity contribution in [1.82, 2.24) is 9.78 Å². The quantitative estimate of drug-likeness (QED) is 0.680. The molecule has 1 aromatic heterocycles. The minimum Gasteiger partial charge on any atom is -0.477 e. The van der Waals surface area contributed by atoms with Crippen LogP contribution in [0, 0.1) is 0 Å². The second kappa shape index (κ2) is 2.94. The fraction of sp³-hybridized carbons (Fsp3) is 0.167. The number of nitrogens with zero attached hydrogens (tertiary/aromatic N) is 2. The summed E-state index contributed by atoms with van der Waals surface area (Å²) in [5, 5.41) is 12.0. The van der Waals surface area contributed by atoms with Gasteiger partial charge in [0.25, 0.3) is 5.56 Å². The molecule has 1 rings (SSSR count). The molecule has 0 aliphatic carbocycles. The van der Waals surface area contributed by atoms with E-state index in [-0.39, 0.29) is 10.7 Å². The number of hydrogen-bond acceptors (Lipinski definition) is 3. The van der Waals surface area contributed by atoms with Gasteiger partial charge < -0.3 is 5.11 Å². The van der Waals surface area contributed by atoms with E-state index in [1.807, 2.05) is 0 Å². The largest absolute Gasteiger partial charge is 0.477 e. The zero-order chi connectivity index (χ0) is 9.30. The van der Waals surface area contributed by atoms with Gasteiger partial charge in [0.1, 0.15) is 5.56 Å². The number of aryl methyl sites for hydroxylation is 1. The predicted molar refractivity (Wildman–Crippen MR) is 41.4 cm³/mol. The van der Waals surface area contributed by atoms with E-state index >= 15 is 0 Å². The van der Waals surface area contributed by atoms with E-state index in [1.54, 1.807) is 0 Å². The Kier molecular flexibility index (Phi) is 2.14. The number of carboxylic acids is 1. The molecule has 0 aliphatic rings. The molecule has 0 aliphatic heterocycles. The van der Waals surface area contributed by atoms with Crippen LogP contribution in [-0.4, -0.2) is 20.9 Å². The Hall–Kier alpha value is -1.36. The lowest BCUT2D eigenvalue weighted by Gasteiger charge is -1.98. The maximum Gasteiger partial charge on any atom is 0.341 e. The molecule has 0 radical (unpaired) electrons. The molecule has 0 saturated heterocycles. The summed E-state index contributed by atoms with van der Waals surface area (Å²) in [4.78, 5) is 21.4. The van der Waals surface area contributed by atoms with E-state index < -0.39 is 11.5 Å². The maximum atomic E-state index is 11.0. The zero-order valence-corrected chi connectivity index (χ0v) is 6.87. The Morgan fingerprint density at radius 3 is 2.83 bits per heavy atom. The van der Waals surface area contributed by atoms with Crippen molar-refractivity contribution < 1.29 is 9.90 Å². The first-order valence-electron chi connectivity index (χ1n) is 2.99. The molecular formula is C6H5ClN2O3. The third kappa shape index (κ3) is 1.45. The van der Waals surface area contributed by atoms with Crippen molar-refractivity contribution in [2.75, 3.05) is 0 Å². The average molecular weight is 189 g/mol. The molecule has 0 amide bonds. The predicted octanol–water partition coefficient (Wildman–Crippen LogP) is 0.132. The van der Waals surface area contributed by atoms with E-state index in [0.717, 1.165) is 10.7 Å². The highest BCUT2D eigenvalue weighted by Crippen LogP contribution is 2.02. The second-order valence-corrected chi connectivity index (χ2v) is 2.50. The minimum atomic E-state index is -1.31. The molecule has 1 heterocycles. The number of aromatic nitrogens is 2. The number of carboxylic acid groups (broad SMARTS) is 1. The summed E-state index contributed by atoms with van der Waals surface area (Å²) < 4.78 is 0.881. The van der Waals surface area contributed by atoms with Crippen LogP contribution in [0.2, 0.25) is 5.15 Å². The highest BCUT2D eigenvalue weighted by Gasteiger charge is 2.11. The summed E-state index contributed by atoms with van der Waals surface area (Å²) in [6, 6.07) is 1.02. The lowest BCUT2D eigenvalue weighted by molar-refractivity contribution is 0.0694. The normalized spacial score (nSPS) is 9.83. The molecule has 0 fully saturated rings. The molecule has 0 spiro atoms. The Morgan fingerprint density at radius 1 is 1.75 bits per heavy atom. The second-order valence-electron chi connectivity index (χ2n) is 2.11. The molecule has 0 saturated carbocycles. The lowest BCUT2D eigenvalue weighted by Crippen LogP contribution is -2.26. The fourth-order valence-electron chi connectivity index (χ4n) is 0.726. The molecular weight excluding hydrogens is 184 g/mol. The van der Waals surface area contributed by atoms with E-state index in [4.69, 9.17) is 16.7 Å². The Morgan fingerprint density at radius 2 is 2.33 bits per heavy atom. The highest BCUT2D eigenvalue weighted by atomic mass is 35.5. The molecule has 0 aromatic carbocycles. The topological polar surface area (TPSA) is 72.2 Å². The van der Waals surface area contributed by atoms with Crippen molar-refractivity contribution in [3.05, 3.63) is 27.1 Å². The molecule has 0 atom stereocenters. The molecule has 1 aromatic rings. The van der Waals surface area contributed by atoms with Gasteiger partial charge in [0.05, 0.1) is 0 Å². The molecule has 6 heteroatoms. The van der Waals surface area contributed by atoms with Crippen molar-refractivity contribution >= 4 is 17.6 Å². The van der Waals surface area contributed by atoms with Crippen LogP contribution in [0.4, 0.5) is 0 Å². The summed E-state index contributed by atoms with van der Waals surface area (Å²) in [5.74, 6) is -1.31. The van der Waals surface area contributed by atoms with Crippen LogP contribution in [0.25, 0.3) is 0 Å². The smallest absolute Gasteiger partial charge is 0.341 e. The first kappa shape index (κ1) is 8.73. The van der Waals surface area contributed by atoms with Crippen LogP contribution in [0.5, 0.6) is 0 Å². The van der Waals surface area contributed by atoms with Gasteiger partial charge in [0.15, 0.2) is 5.15 Å². The molecule has 64 valence electrons. The summed E-state index contributed by atoms with van der Waals surface area (Å²) in [7, 11) is 1.33. The van der Waals surface area contributed by atoms with Gasteiger partial charge in [0, 0.05) is 7.05 Å². The van der Waals surface area contributed by atoms with E-state index in [1.165, 1.54) is 7.05 Å². The third-order valence-corrected chi connectivity index (χ3v) is 1.45. The van der Waals surface area contributed by atoms with Crippen LogP contribution >= 0.6 is 11.6 Å². The maximum absolute atomic E-state index is 11.0. The first-order valence-corrected chi connectivity index (χ1v) is 3.37. The van der Waals surface area contributed by atoms with Gasteiger partial charge in [-0.3, -0.25) is 4.79 Å². The molecule has 1 N–H and O–H groups in total. The van der Waals surface area contributed by atoms with E-state index in [2.05, 4.69) is 5.10 Å². The summed E-state index contributed by atoms with van der Waals surface area (Å²) in [6.45, 7) is 0. The molecule has 12 heavy (non-hydrogen) atoms. The van der Waals surface area contributed by atoms with Crippen LogP contribution < -0.4 is 5.56 Å². The summed E-state index contributed by atoms with van der Waals surface area (Å²) >= 11 is 5.43. The van der Waals surface area contributed by atoms with Gasteiger partial charge in [-0.15, -0.1) is 0 Å². The minimum absolute atomic E-state index is 0.0190. The first-order chi connectivity index (χ1) is 5.52. The van der Waals surface area contributed by atoms with Crippen LogP contribution in [0.15, 0.2) is 10.9 Å². The number of hydrogen-bond donors (Lipinski definition) is 1.